The molecule has 7 nitrogen and oxygen atoms in total. The molecular formula is C25H27N3O4S. The second-order valence-corrected chi connectivity index (χ2v) is 10.6. The van der Waals surface area contributed by atoms with Crippen LogP contribution >= 0.6 is 0 Å². The Balaban J connectivity index is 1.38. The highest BCUT2D eigenvalue weighted by Crippen LogP contribution is 2.36. The number of hydrogen-bond donors (Lipinski definition) is 1. The summed E-state index contributed by atoms with van der Waals surface area (Å²) in [6, 6.07) is 21.8. The van der Waals surface area contributed by atoms with E-state index in [1.807, 2.05) is 47.4 Å². The van der Waals surface area contributed by atoms with Crippen LogP contribution in [0.5, 0.6) is 0 Å². The van der Waals surface area contributed by atoms with E-state index in [-0.39, 0.29) is 11.9 Å². The minimum absolute atomic E-state index is 0.0228. The van der Waals surface area contributed by atoms with E-state index in [9.17, 15) is 13.2 Å². The summed E-state index contributed by atoms with van der Waals surface area (Å²) in [6.45, 7) is 1.03. The maximum absolute atomic E-state index is 13.5. The van der Waals surface area contributed by atoms with Gasteiger partial charge in [0.15, 0.2) is 0 Å². The van der Waals surface area contributed by atoms with Crippen LogP contribution in [0.4, 0.5) is 0 Å². The summed E-state index contributed by atoms with van der Waals surface area (Å²) in [4.78, 5) is 15.6. The number of carbonyl (C=O) groups is 1. The quantitative estimate of drug-likeness (QED) is 0.605. The van der Waals surface area contributed by atoms with Gasteiger partial charge in [0, 0.05) is 13.1 Å². The van der Waals surface area contributed by atoms with Gasteiger partial charge in [-0.05, 0) is 49.1 Å². The monoisotopic (exact) mass is 465 g/mol. The first kappa shape index (κ1) is 21.9. The summed E-state index contributed by atoms with van der Waals surface area (Å²) in [5.41, 5.74) is 0.480. The number of carbonyl (C=O) groups excluding carboxylic acids is 1. The van der Waals surface area contributed by atoms with Crippen molar-refractivity contribution in [3.05, 3.63) is 90.4 Å². The molecule has 1 aromatic heterocycles. The van der Waals surface area contributed by atoms with E-state index in [1.54, 1.807) is 36.6 Å². The van der Waals surface area contributed by atoms with Crippen LogP contribution in [0.25, 0.3) is 0 Å². The van der Waals surface area contributed by atoms with Gasteiger partial charge in [0.25, 0.3) is 0 Å². The summed E-state index contributed by atoms with van der Waals surface area (Å²) >= 11 is 0. The maximum atomic E-state index is 13.5. The van der Waals surface area contributed by atoms with E-state index >= 15 is 0 Å². The van der Waals surface area contributed by atoms with Crippen molar-refractivity contribution in [2.24, 2.45) is 0 Å². The lowest BCUT2D eigenvalue weighted by atomic mass is 9.97. The molecule has 2 aliphatic rings. The number of piperidine rings is 1. The molecule has 8 heteroatoms. The third kappa shape index (κ3) is 4.21. The van der Waals surface area contributed by atoms with Crippen LogP contribution in [-0.4, -0.2) is 48.3 Å². The van der Waals surface area contributed by atoms with Gasteiger partial charge in [0.05, 0.1) is 29.4 Å². The first-order valence-electron chi connectivity index (χ1n) is 11.2. The Morgan fingerprint density at radius 2 is 1.61 bits per heavy atom. The zero-order chi connectivity index (χ0) is 22.9. The molecule has 0 saturated carbocycles. The Kier molecular flexibility index (Phi) is 5.82. The SMILES string of the molecule is O=C1[C@@H](Cc2ccccc2)NC2(CCN(S(=O)(=O)c3ccccc3)CC2)N1Cc1ccco1. The molecule has 2 fully saturated rings. The van der Waals surface area contributed by atoms with Gasteiger partial charge in [-0.15, -0.1) is 0 Å². The average molecular weight is 466 g/mol. The molecule has 2 aromatic carbocycles. The van der Waals surface area contributed by atoms with E-state index in [0.29, 0.717) is 49.6 Å². The molecule has 1 N–H and O–H groups in total. The average Bonchev–Trinajstić information content (AvgIpc) is 3.44. The summed E-state index contributed by atoms with van der Waals surface area (Å²) in [5, 5.41) is 3.59. The molecule has 0 unspecified atom stereocenters. The third-order valence-electron chi connectivity index (χ3n) is 6.63. The van der Waals surface area contributed by atoms with E-state index < -0.39 is 15.7 Å². The van der Waals surface area contributed by atoms with Gasteiger partial charge >= 0.3 is 0 Å². The highest BCUT2D eigenvalue weighted by Gasteiger charge is 2.52. The van der Waals surface area contributed by atoms with Gasteiger partial charge in [0.1, 0.15) is 5.76 Å². The zero-order valence-corrected chi connectivity index (χ0v) is 19.1. The predicted molar refractivity (Wildman–Crippen MR) is 123 cm³/mol. The van der Waals surface area contributed by atoms with Crippen LogP contribution in [0, 0.1) is 0 Å². The standard InChI is InChI=1S/C25H27N3O4S/c29-24-23(18-20-8-3-1-4-9-20)26-25(28(24)19-21-10-7-17-32-21)13-15-27(16-14-25)33(30,31)22-11-5-2-6-12-22/h1-12,17,23,26H,13-16,18-19H2/t23-/m1/s1. The Labute approximate surface area is 194 Å². The number of furan rings is 1. The van der Waals surface area contributed by atoms with Gasteiger partial charge < -0.3 is 9.32 Å². The lowest BCUT2D eigenvalue weighted by Gasteiger charge is -2.44. The fraction of sp³-hybridized carbons (Fsp3) is 0.320. The van der Waals surface area contributed by atoms with E-state index in [0.717, 1.165) is 5.56 Å². The molecule has 33 heavy (non-hydrogen) atoms. The Bertz CT molecular complexity index is 1190. The Morgan fingerprint density at radius 3 is 2.24 bits per heavy atom. The van der Waals surface area contributed by atoms with Crippen LogP contribution in [0.2, 0.25) is 0 Å². The summed E-state index contributed by atoms with van der Waals surface area (Å²) < 4.78 is 33.3. The van der Waals surface area contributed by atoms with Crippen molar-refractivity contribution in [2.75, 3.05) is 13.1 Å². The molecule has 0 aliphatic carbocycles. The molecule has 3 aromatic rings. The molecule has 1 amide bonds. The minimum atomic E-state index is -3.57. The molecule has 1 spiro atoms. The molecule has 2 aliphatic heterocycles. The fourth-order valence-electron chi connectivity index (χ4n) is 4.89. The summed E-state index contributed by atoms with van der Waals surface area (Å²) in [7, 11) is -3.57. The predicted octanol–water partition coefficient (Wildman–Crippen LogP) is 3.00. The smallest absolute Gasteiger partial charge is 0.243 e. The lowest BCUT2D eigenvalue weighted by Crippen LogP contribution is -2.59. The highest BCUT2D eigenvalue weighted by molar-refractivity contribution is 7.89. The van der Waals surface area contributed by atoms with Crippen molar-refractivity contribution in [1.29, 1.82) is 0 Å². The number of amides is 1. The van der Waals surface area contributed by atoms with E-state index in [2.05, 4.69) is 5.32 Å². The summed E-state index contributed by atoms with van der Waals surface area (Å²) in [6.07, 6.45) is 3.21. The van der Waals surface area contributed by atoms with Crippen molar-refractivity contribution >= 4 is 15.9 Å². The Morgan fingerprint density at radius 1 is 0.939 bits per heavy atom. The van der Waals surface area contributed by atoms with Crippen LogP contribution in [0.1, 0.15) is 24.2 Å². The topological polar surface area (TPSA) is 82.9 Å². The first-order valence-corrected chi connectivity index (χ1v) is 12.6. The zero-order valence-electron chi connectivity index (χ0n) is 18.3. The number of rotatable bonds is 6. The number of nitrogens with one attached hydrogen (secondary N) is 1. The third-order valence-corrected chi connectivity index (χ3v) is 8.54. The number of hydrogen-bond acceptors (Lipinski definition) is 5. The molecule has 1 atom stereocenters. The summed E-state index contributed by atoms with van der Waals surface area (Å²) in [5.74, 6) is 0.735. The Hall–Kier alpha value is -2.94. The van der Waals surface area contributed by atoms with Gasteiger partial charge in [0.2, 0.25) is 15.9 Å². The van der Waals surface area contributed by atoms with E-state index in [1.165, 1.54) is 4.31 Å². The fourth-order valence-corrected chi connectivity index (χ4v) is 6.35. The van der Waals surface area contributed by atoms with Gasteiger partial charge in [-0.2, -0.15) is 4.31 Å². The molecule has 3 heterocycles. The van der Waals surface area contributed by atoms with Crippen LogP contribution in [0.3, 0.4) is 0 Å². The number of benzene rings is 2. The van der Waals surface area contributed by atoms with Crippen LogP contribution < -0.4 is 5.32 Å². The van der Waals surface area contributed by atoms with Gasteiger partial charge in [-0.25, -0.2) is 8.42 Å². The lowest BCUT2D eigenvalue weighted by molar-refractivity contribution is -0.134. The molecular weight excluding hydrogens is 438 g/mol. The molecule has 172 valence electrons. The van der Waals surface area contributed by atoms with Crippen LogP contribution in [-0.2, 0) is 27.8 Å². The van der Waals surface area contributed by atoms with Crippen molar-refractivity contribution in [3.8, 4) is 0 Å². The highest BCUT2D eigenvalue weighted by atomic mass is 32.2. The number of nitrogens with zero attached hydrogens (tertiary/aromatic N) is 2. The van der Waals surface area contributed by atoms with Crippen molar-refractivity contribution in [2.45, 2.75) is 42.4 Å². The second-order valence-electron chi connectivity index (χ2n) is 8.64. The number of sulfonamides is 1. The van der Waals surface area contributed by atoms with Crippen molar-refractivity contribution < 1.29 is 17.6 Å². The molecule has 0 radical (unpaired) electrons. The first-order chi connectivity index (χ1) is 16.0. The maximum Gasteiger partial charge on any atom is 0.243 e. The molecule has 0 bridgehead atoms. The van der Waals surface area contributed by atoms with Gasteiger partial charge in [-0.1, -0.05) is 48.5 Å². The van der Waals surface area contributed by atoms with Gasteiger partial charge in [-0.3, -0.25) is 10.1 Å². The second kappa shape index (κ2) is 8.78. The molecule has 2 saturated heterocycles. The minimum Gasteiger partial charge on any atom is -0.467 e. The largest absolute Gasteiger partial charge is 0.467 e. The van der Waals surface area contributed by atoms with Crippen LogP contribution in [0.15, 0.2) is 88.4 Å². The normalized spacial score (nSPS) is 21.0. The van der Waals surface area contributed by atoms with Crippen molar-refractivity contribution in [1.82, 2.24) is 14.5 Å². The molecule has 5 rings (SSSR count). The van der Waals surface area contributed by atoms with E-state index in [4.69, 9.17) is 4.42 Å². The van der Waals surface area contributed by atoms with Crippen molar-refractivity contribution in [3.63, 3.8) is 0 Å².